The summed E-state index contributed by atoms with van der Waals surface area (Å²) in [5, 5.41) is 11.0. The molecule has 0 N–H and O–H groups in total. The summed E-state index contributed by atoms with van der Waals surface area (Å²) in [5.41, 5.74) is -0.136. The van der Waals surface area contributed by atoms with E-state index in [4.69, 9.17) is 16.3 Å². The zero-order valence-electron chi connectivity index (χ0n) is 10.6. The third-order valence-electron chi connectivity index (χ3n) is 3.07. The van der Waals surface area contributed by atoms with Crippen LogP contribution in [0.1, 0.15) is 12.8 Å². The topological polar surface area (TPSA) is 81.4 Å². The van der Waals surface area contributed by atoms with Gasteiger partial charge in [-0.25, -0.2) is 4.98 Å². The first-order valence-corrected chi connectivity index (χ1v) is 6.41. The van der Waals surface area contributed by atoms with E-state index in [1.165, 1.54) is 0 Å². The van der Waals surface area contributed by atoms with E-state index in [1.807, 2.05) is 0 Å². The molecule has 8 heteroatoms. The molecule has 0 aromatic carbocycles. The van der Waals surface area contributed by atoms with Crippen molar-refractivity contribution in [1.82, 2.24) is 9.97 Å². The third kappa shape index (κ3) is 3.51. The molecule has 0 radical (unpaired) electrons. The lowest BCUT2D eigenvalue weighted by Gasteiger charge is -2.27. The summed E-state index contributed by atoms with van der Waals surface area (Å²) in [5.74, 6) is 0.600. The van der Waals surface area contributed by atoms with Crippen molar-refractivity contribution in [3.8, 4) is 0 Å². The molecule has 1 aliphatic heterocycles. The molecule has 0 amide bonds. The molecule has 1 saturated heterocycles. The van der Waals surface area contributed by atoms with E-state index >= 15 is 0 Å². The lowest BCUT2D eigenvalue weighted by Crippen LogP contribution is -2.31. The number of nitro groups is 1. The fourth-order valence-corrected chi connectivity index (χ4v) is 2.31. The highest BCUT2D eigenvalue weighted by Gasteiger charge is 2.23. The Balaban J connectivity index is 2.14. The Morgan fingerprint density at radius 1 is 1.68 bits per heavy atom. The second-order valence-electron chi connectivity index (χ2n) is 4.57. The fraction of sp³-hybridized carbons (Fsp3) is 0.636. The van der Waals surface area contributed by atoms with Gasteiger partial charge in [0.05, 0.1) is 11.5 Å². The summed E-state index contributed by atoms with van der Waals surface area (Å²) >= 11 is 5.71. The highest BCUT2D eigenvalue weighted by molar-refractivity contribution is 6.28. The van der Waals surface area contributed by atoms with E-state index in [1.54, 1.807) is 11.9 Å². The molecule has 1 fully saturated rings. The molecular weight excluding hydrogens is 272 g/mol. The summed E-state index contributed by atoms with van der Waals surface area (Å²) in [6.45, 7) is 2.12. The molecule has 104 valence electrons. The van der Waals surface area contributed by atoms with E-state index in [0.29, 0.717) is 19.1 Å². The molecule has 19 heavy (non-hydrogen) atoms. The minimum Gasteiger partial charge on any atom is -0.381 e. The highest BCUT2D eigenvalue weighted by Crippen LogP contribution is 2.26. The van der Waals surface area contributed by atoms with Crippen LogP contribution >= 0.6 is 11.6 Å². The predicted octanol–water partition coefficient (Wildman–Crippen LogP) is 1.90. The molecule has 0 bridgehead atoms. The molecule has 1 unspecified atom stereocenters. The van der Waals surface area contributed by atoms with E-state index in [-0.39, 0.29) is 16.8 Å². The van der Waals surface area contributed by atoms with Gasteiger partial charge < -0.3 is 9.64 Å². The molecule has 1 aliphatic rings. The summed E-state index contributed by atoms with van der Waals surface area (Å²) in [6, 6.07) is 0. The van der Waals surface area contributed by atoms with Crippen LogP contribution in [-0.2, 0) is 4.74 Å². The zero-order valence-corrected chi connectivity index (χ0v) is 11.3. The number of ether oxygens (including phenoxy) is 1. The Kier molecular flexibility index (Phi) is 4.49. The fourth-order valence-electron chi connectivity index (χ4n) is 2.18. The summed E-state index contributed by atoms with van der Waals surface area (Å²) in [7, 11) is 1.76. The van der Waals surface area contributed by atoms with Crippen molar-refractivity contribution in [2.45, 2.75) is 12.8 Å². The normalized spacial score (nSPS) is 19.2. The number of hydrogen-bond donors (Lipinski definition) is 0. The van der Waals surface area contributed by atoms with Crippen molar-refractivity contribution in [1.29, 1.82) is 0 Å². The number of hydrogen-bond acceptors (Lipinski definition) is 6. The van der Waals surface area contributed by atoms with Crippen molar-refractivity contribution < 1.29 is 9.66 Å². The monoisotopic (exact) mass is 286 g/mol. The first kappa shape index (κ1) is 14.0. The summed E-state index contributed by atoms with van der Waals surface area (Å²) < 4.78 is 5.40. The quantitative estimate of drug-likeness (QED) is 0.478. The second kappa shape index (κ2) is 6.12. The lowest BCUT2D eigenvalue weighted by molar-refractivity contribution is -0.384. The molecule has 2 heterocycles. The molecule has 1 atom stereocenters. The Bertz CT molecular complexity index is 465. The van der Waals surface area contributed by atoms with Gasteiger partial charge in [-0.3, -0.25) is 10.1 Å². The average molecular weight is 287 g/mol. The minimum atomic E-state index is -0.500. The van der Waals surface area contributed by atoms with Crippen LogP contribution in [-0.4, -0.2) is 41.7 Å². The van der Waals surface area contributed by atoms with Crippen LogP contribution in [0, 0.1) is 16.0 Å². The van der Waals surface area contributed by atoms with Crippen LogP contribution in [0.4, 0.5) is 11.5 Å². The van der Waals surface area contributed by atoms with E-state index in [9.17, 15) is 10.1 Å². The third-order valence-corrected chi connectivity index (χ3v) is 3.25. The van der Waals surface area contributed by atoms with Gasteiger partial charge in [-0.1, -0.05) is 0 Å². The SMILES string of the molecule is CN(CC1CCCOC1)c1nc(Cl)ncc1[N+](=O)[O-]. The van der Waals surface area contributed by atoms with Crippen molar-refractivity contribution in [2.24, 2.45) is 5.92 Å². The first-order chi connectivity index (χ1) is 9.08. The molecule has 7 nitrogen and oxygen atoms in total. The Hall–Kier alpha value is -1.47. The van der Waals surface area contributed by atoms with Gasteiger partial charge in [0.25, 0.3) is 0 Å². The number of nitrogens with zero attached hydrogens (tertiary/aromatic N) is 4. The maximum Gasteiger partial charge on any atom is 0.329 e. The molecule has 1 aromatic heterocycles. The van der Waals surface area contributed by atoms with Crippen molar-refractivity contribution in [3.63, 3.8) is 0 Å². The summed E-state index contributed by atoms with van der Waals surface area (Å²) in [4.78, 5) is 19.8. The number of rotatable bonds is 4. The Morgan fingerprint density at radius 3 is 3.11 bits per heavy atom. The van der Waals surface area contributed by atoms with Crippen molar-refractivity contribution >= 4 is 23.1 Å². The molecule has 0 aliphatic carbocycles. The molecule has 1 aromatic rings. The summed E-state index contributed by atoms with van der Waals surface area (Å²) in [6.07, 6.45) is 3.21. The van der Waals surface area contributed by atoms with E-state index in [2.05, 4.69) is 9.97 Å². The Labute approximate surface area is 115 Å². The predicted molar refractivity (Wildman–Crippen MR) is 70.5 cm³/mol. The van der Waals surface area contributed by atoms with Crippen LogP contribution in [0.5, 0.6) is 0 Å². The minimum absolute atomic E-state index is 0.00680. The van der Waals surface area contributed by atoms with E-state index in [0.717, 1.165) is 25.6 Å². The van der Waals surface area contributed by atoms with Crippen LogP contribution in [0.15, 0.2) is 6.20 Å². The molecule has 0 saturated carbocycles. The second-order valence-corrected chi connectivity index (χ2v) is 4.91. The largest absolute Gasteiger partial charge is 0.381 e. The van der Waals surface area contributed by atoms with Crippen LogP contribution in [0.25, 0.3) is 0 Å². The van der Waals surface area contributed by atoms with Gasteiger partial charge >= 0.3 is 5.69 Å². The number of halogens is 1. The van der Waals surface area contributed by atoms with Gasteiger partial charge in [0.15, 0.2) is 0 Å². The van der Waals surface area contributed by atoms with Crippen LogP contribution in [0.2, 0.25) is 5.28 Å². The first-order valence-electron chi connectivity index (χ1n) is 6.03. The molecule has 2 rings (SSSR count). The zero-order chi connectivity index (χ0) is 13.8. The van der Waals surface area contributed by atoms with Gasteiger partial charge in [-0.05, 0) is 30.4 Å². The maximum absolute atomic E-state index is 11.0. The Morgan fingerprint density at radius 2 is 2.47 bits per heavy atom. The van der Waals surface area contributed by atoms with Gasteiger partial charge in [-0.2, -0.15) is 4.98 Å². The average Bonchev–Trinajstić information content (AvgIpc) is 2.39. The molecule has 0 spiro atoms. The van der Waals surface area contributed by atoms with Gasteiger partial charge in [0.1, 0.15) is 6.20 Å². The maximum atomic E-state index is 11.0. The van der Waals surface area contributed by atoms with Crippen molar-refractivity contribution in [3.05, 3.63) is 21.6 Å². The van der Waals surface area contributed by atoms with Gasteiger partial charge in [0, 0.05) is 20.2 Å². The van der Waals surface area contributed by atoms with Gasteiger partial charge in [-0.15, -0.1) is 0 Å². The van der Waals surface area contributed by atoms with Gasteiger partial charge in [0.2, 0.25) is 11.1 Å². The number of aromatic nitrogens is 2. The standard InChI is InChI=1S/C11H15ClN4O3/c1-15(6-8-3-2-4-19-7-8)10-9(16(17)18)5-13-11(12)14-10/h5,8H,2-4,6-7H2,1H3. The smallest absolute Gasteiger partial charge is 0.329 e. The lowest BCUT2D eigenvalue weighted by atomic mass is 10.0. The van der Waals surface area contributed by atoms with E-state index < -0.39 is 4.92 Å². The van der Waals surface area contributed by atoms with Crippen LogP contribution in [0.3, 0.4) is 0 Å². The van der Waals surface area contributed by atoms with Crippen LogP contribution < -0.4 is 4.90 Å². The number of anilines is 1. The van der Waals surface area contributed by atoms with Crippen molar-refractivity contribution in [2.75, 3.05) is 31.7 Å². The highest BCUT2D eigenvalue weighted by atomic mass is 35.5. The molecular formula is C11H15ClN4O3.